The molecule has 1 N–H and O–H groups in total. The minimum absolute atomic E-state index is 0.379. The second kappa shape index (κ2) is 5.66. The Morgan fingerprint density at radius 3 is 2.62 bits per heavy atom. The molecular formula is C16H15N3O2. The standard InChI is InChI=1S/C16H15N3O2/c1-11(12-7-9-13(20-2)10-8-12)18-19-16-17-14-5-3-4-6-15(14)21-16/h3-10H,1-2H3,(H,17,19)/b18-11+. The van der Waals surface area contributed by atoms with Gasteiger partial charge in [-0.05, 0) is 48.9 Å². The molecule has 0 saturated heterocycles. The maximum atomic E-state index is 5.54. The van der Waals surface area contributed by atoms with Crippen molar-refractivity contribution in [3.63, 3.8) is 0 Å². The molecule has 0 fully saturated rings. The lowest BCUT2D eigenvalue weighted by Gasteiger charge is -2.03. The van der Waals surface area contributed by atoms with Gasteiger partial charge in [0.2, 0.25) is 0 Å². The van der Waals surface area contributed by atoms with Gasteiger partial charge >= 0.3 is 6.01 Å². The van der Waals surface area contributed by atoms with E-state index in [2.05, 4.69) is 15.5 Å². The predicted octanol–water partition coefficient (Wildman–Crippen LogP) is 3.67. The minimum atomic E-state index is 0.379. The van der Waals surface area contributed by atoms with Gasteiger partial charge in [0, 0.05) is 0 Å². The zero-order chi connectivity index (χ0) is 14.7. The van der Waals surface area contributed by atoms with E-state index in [1.165, 1.54) is 0 Å². The number of hydrogen-bond donors (Lipinski definition) is 1. The number of benzene rings is 2. The zero-order valence-corrected chi connectivity index (χ0v) is 11.8. The maximum absolute atomic E-state index is 5.54. The molecule has 0 aliphatic carbocycles. The quantitative estimate of drug-likeness (QED) is 0.585. The van der Waals surface area contributed by atoms with Crippen LogP contribution in [-0.2, 0) is 0 Å². The Balaban J connectivity index is 1.77. The van der Waals surface area contributed by atoms with E-state index in [0.29, 0.717) is 6.01 Å². The summed E-state index contributed by atoms with van der Waals surface area (Å²) in [5.74, 6) is 0.818. The highest BCUT2D eigenvalue weighted by atomic mass is 16.5. The number of para-hydroxylation sites is 2. The zero-order valence-electron chi connectivity index (χ0n) is 11.8. The summed E-state index contributed by atoms with van der Waals surface area (Å²) in [5.41, 5.74) is 6.21. The summed E-state index contributed by atoms with van der Waals surface area (Å²) in [4.78, 5) is 4.30. The fourth-order valence-corrected chi connectivity index (χ4v) is 1.95. The molecule has 0 radical (unpaired) electrons. The number of oxazole rings is 1. The van der Waals surface area contributed by atoms with Crippen LogP contribution >= 0.6 is 0 Å². The second-order valence-corrected chi connectivity index (χ2v) is 4.52. The Morgan fingerprint density at radius 1 is 1.14 bits per heavy atom. The Labute approximate surface area is 122 Å². The summed E-state index contributed by atoms with van der Waals surface area (Å²) in [6.07, 6.45) is 0. The summed E-state index contributed by atoms with van der Waals surface area (Å²) in [7, 11) is 1.64. The van der Waals surface area contributed by atoms with Crippen molar-refractivity contribution in [2.45, 2.75) is 6.92 Å². The van der Waals surface area contributed by atoms with Gasteiger partial charge in [0.1, 0.15) is 11.3 Å². The van der Waals surface area contributed by atoms with Crippen LogP contribution in [0.1, 0.15) is 12.5 Å². The summed E-state index contributed by atoms with van der Waals surface area (Å²) in [6, 6.07) is 15.7. The molecule has 3 aromatic rings. The molecule has 0 aliphatic rings. The van der Waals surface area contributed by atoms with Gasteiger partial charge in [-0.1, -0.05) is 12.1 Å². The SMILES string of the molecule is COc1ccc(/C(C)=N/Nc2nc3ccccc3o2)cc1. The highest BCUT2D eigenvalue weighted by molar-refractivity contribution is 5.99. The number of nitrogens with zero attached hydrogens (tertiary/aromatic N) is 2. The number of rotatable bonds is 4. The van der Waals surface area contributed by atoms with Crippen LogP contribution in [0.25, 0.3) is 11.1 Å². The first-order valence-corrected chi connectivity index (χ1v) is 6.56. The van der Waals surface area contributed by atoms with Crippen LogP contribution in [0.5, 0.6) is 5.75 Å². The van der Waals surface area contributed by atoms with Crippen molar-refractivity contribution in [3.05, 3.63) is 54.1 Å². The van der Waals surface area contributed by atoms with E-state index >= 15 is 0 Å². The van der Waals surface area contributed by atoms with E-state index in [-0.39, 0.29) is 0 Å². The van der Waals surface area contributed by atoms with Gasteiger partial charge in [0.15, 0.2) is 5.58 Å². The monoisotopic (exact) mass is 281 g/mol. The first kappa shape index (κ1) is 13.2. The molecule has 0 aliphatic heterocycles. The highest BCUT2D eigenvalue weighted by Gasteiger charge is 2.04. The molecule has 0 spiro atoms. The molecular weight excluding hydrogens is 266 g/mol. The third-order valence-corrected chi connectivity index (χ3v) is 3.12. The largest absolute Gasteiger partial charge is 0.497 e. The third kappa shape index (κ3) is 2.86. The van der Waals surface area contributed by atoms with Crippen molar-refractivity contribution in [2.75, 3.05) is 12.5 Å². The number of ether oxygens (including phenoxy) is 1. The van der Waals surface area contributed by atoms with Gasteiger partial charge in [0.25, 0.3) is 0 Å². The molecule has 106 valence electrons. The molecule has 1 heterocycles. The summed E-state index contributed by atoms with van der Waals surface area (Å²) >= 11 is 0. The first-order chi connectivity index (χ1) is 10.3. The summed E-state index contributed by atoms with van der Waals surface area (Å²) < 4.78 is 10.7. The molecule has 0 amide bonds. The van der Waals surface area contributed by atoms with Gasteiger partial charge < -0.3 is 9.15 Å². The van der Waals surface area contributed by atoms with E-state index < -0.39 is 0 Å². The van der Waals surface area contributed by atoms with Crippen molar-refractivity contribution in [1.29, 1.82) is 0 Å². The number of aromatic nitrogens is 1. The fourth-order valence-electron chi connectivity index (χ4n) is 1.95. The van der Waals surface area contributed by atoms with Gasteiger partial charge in [0.05, 0.1) is 12.8 Å². The van der Waals surface area contributed by atoms with E-state index in [4.69, 9.17) is 9.15 Å². The van der Waals surface area contributed by atoms with Crippen molar-refractivity contribution in [3.8, 4) is 5.75 Å². The molecule has 0 bridgehead atoms. The van der Waals surface area contributed by atoms with Gasteiger partial charge in [-0.15, -0.1) is 0 Å². The highest BCUT2D eigenvalue weighted by Crippen LogP contribution is 2.18. The molecule has 0 atom stereocenters. The normalized spacial score (nSPS) is 11.6. The lowest BCUT2D eigenvalue weighted by atomic mass is 10.1. The van der Waals surface area contributed by atoms with Gasteiger partial charge in [-0.25, -0.2) is 5.43 Å². The van der Waals surface area contributed by atoms with Crippen LogP contribution in [0.3, 0.4) is 0 Å². The summed E-state index contributed by atoms with van der Waals surface area (Å²) in [5, 5.41) is 4.28. The Hall–Kier alpha value is -2.82. The van der Waals surface area contributed by atoms with Crippen LogP contribution in [0, 0.1) is 0 Å². The van der Waals surface area contributed by atoms with Gasteiger partial charge in [-0.2, -0.15) is 10.1 Å². The third-order valence-electron chi connectivity index (χ3n) is 3.12. The topological polar surface area (TPSA) is 59.6 Å². The smallest absolute Gasteiger partial charge is 0.316 e. The molecule has 5 heteroatoms. The molecule has 5 nitrogen and oxygen atoms in total. The number of hydrogen-bond acceptors (Lipinski definition) is 5. The molecule has 0 saturated carbocycles. The van der Waals surface area contributed by atoms with E-state index in [9.17, 15) is 0 Å². The molecule has 1 aromatic heterocycles. The maximum Gasteiger partial charge on any atom is 0.316 e. The first-order valence-electron chi connectivity index (χ1n) is 6.56. The van der Waals surface area contributed by atoms with Crippen LogP contribution in [-0.4, -0.2) is 17.8 Å². The van der Waals surface area contributed by atoms with Crippen molar-refractivity contribution in [1.82, 2.24) is 4.98 Å². The number of fused-ring (bicyclic) bond motifs is 1. The molecule has 21 heavy (non-hydrogen) atoms. The number of nitrogens with one attached hydrogen (secondary N) is 1. The van der Waals surface area contributed by atoms with Crippen molar-refractivity contribution >= 4 is 22.8 Å². The van der Waals surface area contributed by atoms with Crippen LogP contribution in [0.2, 0.25) is 0 Å². The van der Waals surface area contributed by atoms with E-state index in [0.717, 1.165) is 28.1 Å². The number of hydrazone groups is 1. The molecule has 3 rings (SSSR count). The molecule has 0 unspecified atom stereocenters. The second-order valence-electron chi connectivity index (χ2n) is 4.52. The lowest BCUT2D eigenvalue weighted by Crippen LogP contribution is -1.99. The predicted molar refractivity (Wildman–Crippen MR) is 82.8 cm³/mol. The lowest BCUT2D eigenvalue weighted by molar-refractivity contribution is 0.415. The average Bonchev–Trinajstić information content (AvgIpc) is 2.95. The summed E-state index contributed by atoms with van der Waals surface area (Å²) in [6.45, 7) is 1.91. The van der Waals surface area contributed by atoms with Crippen LogP contribution in [0.4, 0.5) is 6.01 Å². The number of anilines is 1. The van der Waals surface area contributed by atoms with Crippen LogP contribution < -0.4 is 10.2 Å². The van der Waals surface area contributed by atoms with Crippen LogP contribution in [0.15, 0.2) is 58.0 Å². The number of methoxy groups -OCH3 is 1. The van der Waals surface area contributed by atoms with Gasteiger partial charge in [-0.3, -0.25) is 0 Å². The van der Waals surface area contributed by atoms with E-state index in [1.54, 1.807) is 7.11 Å². The Bertz CT molecular complexity index is 743. The van der Waals surface area contributed by atoms with E-state index in [1.807, 2.05) is 55.5 Å². The Kier molecular flexibility index (Phi) is 3.55. The average molecular weight is 281 g/mol. The van der Waals surface area contributed by atoms with Crippen molar-refractivity contribution in [2.24, 2.45) is 5.10 Å². The Morgan fingerprint density at radius 2 is 1.90 bits per heavy atom. The fraction of sp³-hybridized carbons (Fsp3) is 0.125. The van der Waals surface area contributed by atoms with Crippen molar-refractivity contribution < 1.29 is 9.15 Å². The minimum Gasteiger partial charge on any atom is -0.497 e. The molecule has 2 aromatic carbocycles.